The Kier molecular flexibility index (Phi) is 47.8. The molecule has 1 amide bonds. The van der Waals surface area contributed by atoms with E-state index in [9.17, 15) is 35.1 Å². The maximum absolute atomic E-state index is 13.0. The number of carbonyl (C=O) groups excluding carboxylic acids is 2. The first kappa shape index (κ1) is 68.1. The summed E-state index contributed by atoms with van der Waals surface area (Å²) in [6.45, 7) is 4.12. The number of aliphatic hydroxyl groups is 5. The number of rotatable bonds is 50. The first-order valence-corrected chi connectivity index (χ1v) is 29.7. The molecule has 1 heterocycles. The van der Waals surface area contributed by atoms with Gasteiger partial charge in [0.05, 0.1) is 32.0 Å². The van der Waals surface area contributed by atoms with Gasteiger partial charge in [0.2, 0.25) is 5.91 Å². The summed E-state index contributed by atoms with van der Waals surface area (Å²) in [6, 6.07) is -0.840. The molecular weight excluding hydrogens is 919 g/mol. The van der Waals surface area contributed by atoms with Crippen LogP contribution >= 0.6 is 0 Å². The number of aliphatic hydroxyl groups excluding tert-OH is 5. The van der Waals surface area contributed by atoms with E-state index < -0.39 is 49.5 Å². The Bertz CT molecular complexity index is 1440. The summed E-state index contributed by atoms with van der Waals surface area (Å²) in [5.41, 5.74) is 0. The van der Waals surface area contributed by atoms with Gasteiger partial charge in [0.15, 0.2) is 6.29 Å². The molecule has 1 aliphatic rings. The lowest BCUT2D eigenvalue weighted by atomic mass is 9.99. The monoisotopic (exact) mass is 1030 g/mol. The SMILES string of the molecule is CCCC/C=C/CC/C=C/CC/C=C/C(O)C(COC1OC(CO)C(O)C(O)C1O)NC(=O)CCCCCCCCCCCCCCCC/C=C\C/C=C\CCOC(=O)CCCCCCC/C=C\CCCCC. The fourth-order valence-electron chi connectivity index (χ4n) is 8.75. The van der Waals surface area contributed by atoms with Gasteiger partial charge in [0.25, 0.3) is 0 Å². The van der Waals surface area contributed by atoms with E-state index in [1.54, 1.807) is 6.08 Å². The van der Waals surface area contributed by atoms with Gasteiger partial charge in [-0.2, -0.15) is 0 Å². The Labute approximate surface area is 445 Å². The largest absolute Gasteiger partial charge is 0.465 e. The summed E-state index contributed by atoms with van der Waals surface area (Å²) in [6.07, 6.45) is 57.3. The Balaban J connectivity index is 2.10. The zero-order chi connectivity index (χ0) is 53.1. The molecule has 422 valence electrons. The van der Waals surface area contributed by atoms with Gasteiger partial charge in [-0.25, -0.2) is 0 Å². The molecule has 7 atom stereocenters. The number of ether oxygens (including phenoxy) is 3. The predicted molar refractivity (Wildman–Crippen MR) is 301 cm³/mol. The van der Waals surface area contributed by atoms with Crippen LogP contribution in [0.15, 0.2) is 72.9 Å². The highest BCUT2D eigenvalue weighted by molar-refractivity contribution is 5.76. The minimum atomic E-state index is -1.58. The van der Waals surface area contributed by atoms with Crippen molar-refractivity contribution in [3.05, 3.63) is 72.9 Å². The molecule has 7 unspecified atom stereocenters. The third kappa shape index (κ3) is 41.0. The molecular formula is C62H109NO10. The predicted octanol–water partition coefficient (Wildman–Crippen LogP) is 13.6. The molecule has 0 aromatic rings. The van der Waals surface area contributed by atoms with Crippen LogP contribution in [0, 0.1) is 0 Å². The number of unbranched alkanes of at least 4 members (excludes halogenated alkanes) is 26. The minimum absolute atomic E-state index is 0.0605. The van der Waals surface area contributed by atoms with Crippen molar-refractivity contribution < 1.29 is 49.3 Å². The van der Waals surface area contributed by atoms with Gasteiger partial charge in [-0.15, -0.1) is 0 Å². The van der Waals surface area contributed by atoms with Gasteiger partial charge in [0.1, 0.15) is 24.4 Å². The van der Waals surface area contributed by atoms with Crippen LogP contribution in [-0.2, 0) is 23.8 Å². The molecule has 11 nitrogen and oxygen atoms in total. The number of hydrogen-bond acceptors (Lipinski definition) is 10. The third-order valence-electron chi connectivity index (χ3n) is 13.5. The lowest BCUT2D eigenvalue weighted by Crippen LogP contribution is -2.60. The van der Waals surface area contributed by atoms with Gasteiger partial charge in [-0.05, 0) is 96.3 Å². The molecule has 0 aromatic carbocycles. The second kappa shape index (κ2) is 51.2. The zero-order valence-corrected chi connectivity index (χ0v) is 46.3. The van der Waals surface area contributed by atoms with Crippen LogP contribution in [0.5, 0.6) is 0 Å². The molecule has 1 saturated heterocycles. The molecule has 0 saturated carbocycles. The number of esters is 1. The quantitative estimate of drug-likeness (QED) is 0.0195. The topological polar surface area (TPSA) is 175 Å². The van der Waals surface area contributed by atoms with E-state index in [-0.39, 0.29) is 18.5 Å². The number of hydrogen-bond donors (Lipinski definition) is 6. The van der Waals surface area contributed by atoms with E-state index in [1.807, 2.05) is 6.08 Å². The van der Waals surface area contributed by atoms with Gasteiger partial charge in [0, 0.05) is 12.8 Å². The Hall–Kier alpha value is -2.90. The van der Waals surface area contributed by atoms with Crippen molar-refractivity contribution in [2.24, 2.45) is 0 Å². The van der Waals surface area contributed by atoms with Crippen molar-refractivity contribution in [3.63, 3.8) is 0 Å². The average molecular weight is 1030 g/mol. The van der Waals surface area contributed by atoms with Crippen LogP contribution in [0.2, 0.25) is 0 Å². The summed E-state index contributed by atoms with van der Waals surface area (Å²) in [7, 11) is 0. The lowest BCUT2D eigenvalue weighted by molar-refractivity contribution is -0.302. The van der Waals surface area contributed by atoms with Crippen LogP contribution in [0.3, 0.4) is 0 Å². The maximum atomic E-state index is 13.0. The molecule has 1 aliphatic heterocycles. The van der Waals surface area contributed by atoms with Crippen molar-refractivity contribution in [1.82, 2.24) is 5.32 Å². The number of nitrogens with one attached hydrogen (secondary N) is 1. The Morgan fingerprint density at radius 3 is 1.48 bits per heavy atom. The van der Waals surface area contributed by atoms with E-state index in [0.29, 0.717) is 19.4 Å². The first-order valence-electron chi connectivity index (χ1n) is 29.7. The van der Waals surface area contributed by atoms with Gasteiger partial charge < -0.3 is 45.1 Å². The second-order valence-electron chi connectivity index (χ2n) is 20.3. The van der Waals surface area contributed by atoms with Crippen LogP contribution in [0.4, 0.5) is 0 Å². The Morgan fingerprint density at radius 2 is 0.945 bits per heavy atom. The highest BCUT2D eigenvalue weighted by Gasteiger charge is 2.44. The summed E-state index contributed by atoms with van der Waals surface area (Å²) >= 11 is 0. The van der Waals surface area contributed by atoms with Crippen molar-refractivity contribution >= 4 is 11.9 Å². The fourth-order valence-corrected chi connectivity index (χ4v) is 8.75. The average Bonchev–Trinajstić information content (AvgIpc) is 3.39. The molecule has 6 N–H and O–H groups in total. The van der Waals surface area contributed by atoms with Crippen molar-refractivity contribution in [2.45, 2.75) is 288 Å². The summed E-state index contributed by atoms with van der Waals surface area (Å²) in [5, 5.41) is 54.3. The zero-order valence-electron chi connectivity index (χ0n) is 46.3. The summed E-state index contributed by atoms with van der Waals surface area (Å²) in [5.74, 6) is -0.264. The lowest BCUT2D eigenvalue weighted by Gasteiger charge is -2.40. The smallest absolute Gasteiger partial charge is 0.305 e. The maximum Gasteiger partial charge on any atom is 0.305 e. The van der Waals surface area contributed by atoms with Crippen LogP contribution in [0.1, 0.15) is 245 Å². The molecule has 0 bridgehead atoms. The fraction of sp³-hybridized carbons (Fsp3) is 0.774. The van der Waals surface area contributed by atoms with Crippen LogP contribution in [-0.4, -0.2) is 100 Å². The van der Waals surface area contributed by atoms with E-state index in [2.05, 4.69) is 79.9 Å². The van der Waals surface area contributed by atoms with Crippen LogP contribution in [0.25, 0.3) is 0 Å². The molecule has 73 heavy (non-hydrogen) atoms. The van der Waals surface area contributed by atoms with E-state index in [4.69, 9.17) is 14.2 Å². The van der Waals surface area contributed by atoms with E-state index in [1.165, 1.54) is 128 Å². The highest BCUT2D eigenvalue weighted by atomic mass is 16.7. The van der Waals surface area contributed by atoms with E-state index in [0.717, 1.165) is 89.9 Å². The van der Waals surface area contributed by atoms with Crippen LogP contribution < -0.4 is 5.32 Å². The van der Waals surface area contributed by atoms with Crippen molar-refractivity contribution in [3.8, 4) is 0 Å². The molecule has 0 aliphatic carbocycles. The summed E-state index contributed by atoms with van der Waals surface area (Å²) < 4.78 is 16.6. The number of amides is 1. The third-order valence-corrected chi connectivity index (χ3v) is 13.5. The highest BCUT2D eigenvalue weighted by Crippen LogP contribution is 2.23. The van der Waals surface area contributed by atoms with Crippen molar-refractivity contribution in [2.75, 3.05) is 19.8 Å². The molecule has 0 spiro atoms. The molecule has 11 heteroatoms. The molecule has 1 rings (SSSR count). The first-order chi connectivity index (χ1) is 35.7. The van der Waals surface area contributed by atoms with Gasteiger partial charge in [-0.3, -0.25) is 9.59 Å². The minimum Gasteiger partial charge on any atom is -0.465 e. The molecule has 0 aromatic heterocycles. The number of allylic oxidation sites excluding steroid dienone is 10. The molecule has 0 radical (unpaired) electrons. The Morgan fingerprint density at radius 1 is 0.507 bits per heavy atom. The van der Waals surface area contributed by atoms with Crippen molar-refractivity contribution in [1.29, 1.82) is 0 Å². The number of carbonyl (C=O) groups is 2. The summed E-state index contributed by atoms with van der Waals surface area (Å²) in [4.78, 5) is 25.0. The van der Waals surface area contributed by atoms with Gasteiger partial charge in [-0.1, -0.05) is 209 Å². The second-order valence-corrected chi connectivity index (χ2v) is 20.3. The van der Waals surface area contributed by atoms with Gasteiger partial charge >= 0.3 is 5.97 Å². The van der Waals surface area contributed by atoms with E-state index >= 15 is 0 Å². The molecule has 1 fully saturated rings. The normalized spacial score (nSPS) is 19.5. The standard InChI is InChI=1S/C62H109NO10/c1-3-5-7-9-11-13-15-28-32-36-40-44-48-55(65)54(53-72-62-61(70)60(69)59(68)56(52-64)73-62)63-57(66)49-45-41-37-33-29-26-24-22-20-18-17-19-21-23-25-27-31-35-39-43-47-51-71-58(67)50-46-42-38-34-30-16-14-12-10-8-6-4-2/h9,11-12,14,27-28,31-32,39,43-44,48,54-56,59-62,64-65,68-70H,3-8,10,13,15-26,29-30,33-38,40-42,45-47,49-53H2,1-2H3,(H,63,66)/b11-9+,14-12-,31-27-,32-28+,43-39-,48-44+.